The number of hydrogen-bond donors (Lipinski definition) is 0. The molecule has 5 rings (SSSR count). The Morgan fingerprint density at radius 3 is 2.36 bits per heavy atom. The first-order valence-electron chi connectivity index (χ1n) is 13.5. The number of rotatable bonds is 6. The van der Waals surface area contributed by atoms with Crippen LogP contribution in [-0.4, -0.2) is 87.5 Å². The third kappa shape index (κ3) is 5.55. The van der Waals surface area contributed by atoms with Gasteiger partial charge in [0.25, 0.3) is 5.91 Å². The maximum atomic E-state index is 13.5. The summed E-state index contributed by atoms with van der Waals surface area (Å²) in [5, 5.41) is 0.283. The minimum atomic E-state index is -0.0451. The summed E-state index contributed by atoms with van der Waals surface area (Å²) in [6.07, 6.45) is 4.41. The van der Waals surface area contributed by atoms with Crippen molar-refractivity contribution in [2.45, 2.75) is 30.6 Å². The highest BCUT2D eigenvalue weighted by atomic mass is 32.2. The number of methoxy groups -OCH3 is 3. The monoisotopic (exact) mass is 551 g/mol. The minimum absolute atomic E-state index is 0.00885. The highest BCUT2D eigenvalue weighted by molar-refractivity contribution is 8.04. The van der Waals surface area contributed by atoms with Gasteiger partial charge in [-0.05, 0) is 55.2 Å². The third-order valence-corrected chi connectivity index (χ3v) is 9.53. The summed E-state index contributed by atoms with van der Waals surface area (Å²) in [4.78, 5) is 33.8. The van der Waals surface area contributed by atoms with Gasteiger partial charge in [-0.3, -0.25) is 9.59 Å². The van der Waals surface area contributed by atoms with Crippen LogP contribution in [0, 0.1) is 5.92 Å². The van der Waals surface area contributed by atoms with Gasteiger partial charge in [0.1, 0.15) is 5.75 Å². The number of ether oxygens (including phenoxy) is 3. The Morgan fingerprint density at radius 1 is 0.923 bits per heavy atom. The molecule has 2 aliphatic heterocycles. The average molecular weight is 552 g/mol. The quantitative estimate of drug-likeness (QED) is 0.500. The molecule has 0 aromatic heterocycles. The smallest absolute Gasteiger partial charge is 0.260 e. The molecule has 0 radical (unpaired) electrons. The van der Waals surface area contributed by atoms with Crippen molar-refractivity contribution in [3.8, 4) is 17.2 Å². The van der Waals surface area contributed by atoms with E-state index in [0.29, 0.717) is 24.6 Å². The number of likely N-dealkylation sites (N-methyl/N-ethyl adjacent to an activating group) is 1. The first kappa shape index (κ1) is 27.2. The molecule has 1 aliphatic carbocycles. The zero-order chi connectivity index (χ0) is 27.5. The van der Waals surface area contributed by atoms with Crippen molar-refractivity contribution >= 4 is 35.3 Å². The molecule has 8 nitrogen and oxygen atoms in total. The van der Waals surface area contributed by atoms with Crippen LogP contribution in [0.15, 0.2) is 47.4 Å². The van der Waals surface area contributed by atoms with Crippen molar-refractivity contribution < 1.29 is 23.8 Å². The number of benzene rings is 2. The van der Waals surface area contributed by atoms with Crippen molar-refractivity contribution in [3.05, 3.63) is 52.9 Å². The lowest BCUT2D eigenvalue weighted by molar-refractivity contribution is -0.139. The topological polar surface area (TPSA) is 71.6 Å². The predicted molar refractivity (Wildman–Crippen MR) is 155 cm³/mol. The molecule has 0 bridgehead atoms. The highest BCUT2D eigenvalue weighted by Gasteiger charge is 2.43. The lowest BCUT2D eigenvalue weighted by atomic mass is 9.83. The van der Waals surface area contributed by atoms with E-state index < -0.39 is 0 Å². The first-order valence-corrected chi connectivity index (χ1v) is 14.4. The van der Waals surface area contributed by atoms with Gasteiger partial charge in [-0.1, -0.05) is 18.2 Å². The molecule has 2 heterocycles. The van der Waals surface area contributed by atoms with Crippen LogP contribution in [0.25, 0.3) is 6.08 Å². The molecule has 0 spiro atoms. The van der Waals surface area contributed by atoms with Gasteiger partial charge in [0, 0.05) is 50.4 Å². The van der Waals surface area contributed by atoms with Gasteiger partial charge in [-0.15, -0.1) is 11.8 Å². The van der Waals surface area contributed by atoms with E-state index in [4.69, 9.17) is 14.2 Å². The number of hydrogen-bond acceptors (Lipinski definition) is 7. The van der Waals surface area contributed by atoms with Crippen LogP contribution < -0.4 is 19.1 Å². The number of carbonyl (C=O) groups excluding carboxylic acids is 2. The number of para-hydroxylation sites is 2. The number of amides is 2. The van der Waals surface area contributed by atoms with Crippen LogP contribution >= 0.6 is 11.8 Å². The number of thioether (sulfide) groups is 1. The number of nitrogens with zero attached hydrogens (tertiary/aromatic N) is 3. The predicted octanol–water partition coefficient (Wildman–Crippen LogP) is 4.14. The molecule has 2 aromatic rings. The van der Waals surface area contributed by atoms with Gasteiger partial charge in [-0.2, -0.15) is 0 Å². The van der Waals surface area contributed by atoms with Crippen molar-refractivity contribution in [2.75, 3.05) is 59.5 Å². The largest absolute Gasteiger partial charge is 0.495 e. The number of carbonyl (C=O) groups is 2. The molecular weight excluding hydrogens is 514 g/mol. The van der Waals surface area contributed by atoms with E-state index >= 15 is 0 Å². The summed E-state index contributed by atoms with van der Waals surface area (Å²) < 4.78 is 16.3. The fourth-order valence-electron chi connectivity index (χ4n) is 5.93. The van der Waals surface area contributed by atoms with E-state index in [9.17, 15) is 9.59 Å². The van der Waals surface area contributed by atoms with Gasteiger partial charge in [0.05, 0.1) is 31.9 Å². The Labute approximate surface area is 234 Å². The van der Waals surface area contributed by atoms with E-state index in [-0.39, 0.29) is 29.0 Å². The number of piperazine rings is 1. The second-order valence-corrected chi connectivity index (χ2v) is 11.5. The molecule has 2 amide bonds. The van der Waals surface area contributed by atoms with E-state index in [0.717, 1.165) is 54.3 Å². The molecule has 0 N–H and O–H groups in total. The van der Waals surface area contributed by atoms with Crippen LogP contribution in [0.5, 0.6) is 17.2 Å². The van der Waals surface area contributed by atoms with Gasteiger partial charge in [0.2, 0.25) is 5.91 Å². The number of fused-ring (bicyclic) bond motifs is 1. The normalized spacial score (nSPS) is 24.4. The summed E-state index contributed by atoms with van der Waals surface area (Å²) >= 11 is 1.65. The molecule has 1 saturated carbocycles. The van der Waals surface area contributed by atoms with Crippen molar-refractivity contribution in [1.29, 1.82) is 0 Å². The fraction of sp³-hybridized carbons (Fsp3) is 0.467. The Hall–Kier alpha value is -3.33. The molecule has 2 aromatic carbocycles. The molecule has 39 heavy (non-hydrogen) atoms. The summed E-state index contributed by atoms with van der Waals surface area (Å²) in [7, 11) is 6.78. The molecule has 3 aliphatic rings. The standard InChI is InChI=1S/C30H37N3O5S/c1-31-23-19-21(29(34)33-15-13-32(14-16-33)22-7-5-6-8-24(22)36-2)10-12-27(23)39-28(30(31)35)18-20-9-11-25(37-3)26(17-20)38-4/h5-9,11,17-18,21,23,27H,10,12-16,19H2,1-4H3/b28-18-. The Morgan fingerprint density at radius 2 is 1.64 bits per heavy atom. The van der Waals surface area contributed by atoms with E-state index in [1.165, 1.54) is 0 Å². The fourth-order valence-corrected chi connectivity index (χ4v) is 7.41. The van der Waals surface area contributed by atoms with Crippen LogP contribution in [0.1, 0.15) is 24.8 Å². The highest BCUT2D eigenvalue weighted by Crippen LogP contribution is 2.44. The maximum absolute atomic E-state index is 13.5. The van der Waals surface area contributed by atoms with E-state index in [1.807, 2.05) is 59.3 Å². The van der Waals surface area contributed by atoms with E-state index in [1.54, 1.807) is 33.1 Å². The molecule has 3 atom stereocenters. The Balaban J connectivity index is 1.21. The van der Waals surface area contributed by atoms with Crippen molar-refractivity contribution in [3.63, 3.8) is 0 Å². The van der Waals surface area contributed by atoms with Crippen LogP contribution in [0.4, 0.5) is 5.69 Å². The second kappa shape index (κ2) is 11.8. The molecule has 2 saturated heterocycles. The first-order chi connectivity index (χ1) is 18.9. The SMILES string of the molecule is COc1ccc(/C=C2\SC3CCC(C(=O)N4CCN(c5ccccc5OC)CC4)CC3N(C)C2=O)cc1OC. The zero-order valence-corrected chi connectivity index (χ0v) is 23.9. The van der Waals surface area contributed by atoms with Gasteiger partial charge in [0.15, 0.2) is 11.5 Å². The van der Waals surface area contributed by atoms with Gasteiger partial charge >= 0.3 is 0 Å². The van der Waals surface area contributed by atoms with Crippen LogP contribution in [-0.2, 0) is 9.59 Å². The summed E-state index contributed by atoms with van der Waals surface area (Å²) in [5.41, 5.74) is 1.97. The Kier molecular flexibility index (Phi) is 8.26. The summed E-state index contributed by atoms with van der Waals surface area (Å²) in [6, 6.07) is 13.7. The van der Waals surface area contributed by atoms with E-state index in [2.05, 4.69) is 11.0 Å². The molecule has 9 heteroatoms. The minimum Gasteiger partial charge on any atom is -0.495 e. The maximum Gasteiger partial charge on any atom is 0.260 e. The molecular formula is C30H37N3O5S. The zero-order valence-electron chi connectivity index (χ0n) is 23.1. The second-order valence-electron chi connectivity index (χ2n) is 10.3. The molecule has 3 unspecified atom stereocenters. The van der Waals surface area contributed by atoms with Gasteiger partial charge < -0.3 is 28.9 Å². The summed E-state index contributed by atoms with van der Waals surface area (Å²) in [6.45, 7) is 2.96. The Bertz CT molecular complexity index is 1240. The lowest BCUT2D eigenvalue weighted by Gasteiger charge is -2.45. The third-order valence-electron chi connectivity index (χ3n) is 8.13. The molecule has 3 fully saturated rings. The van der Waals surface area contributed by atoms with Crippen LogP contribution in [0.3, 0.4) is 0 Å². The average Bonchev–Trinajstić information content (AvgIpc) is 2.99. The molecule has 208 valence electrons. The number of anilines is 1. The van der Waals surface area contributed by atoms with Crippen LogP contribution in [0.2, 0.25) is 0 Å². The van der Waals surface area contributed by atoms with Crippen molar-refractivity contribution in [2.24, 2.45) is 5.92 Å². The summed E-state index contributed by atoms with van der Waals surface area (Å²) in [5.74, 6) is 2.34. The lowest BCUT2D eigenvalue weighted by Crippen LogP contribution is -2.55. The van der Waals surface area contributed by atoms with Gasteiger partial charge in [-0.25, -0.2) is 0 Å². The van der Waals surface area contributed by atoms with Crippen molar-refractivity contribution in [1.82, 2.24) is 9.80 Å².